The maximum absolute atomic E-state index is 13.2. The topological polar surface area (TPSA) is 73.6 Å². The number of carbonyl (C=O) groups excluding carboxylic acids is 1. The zero-order valence-electron chi connectivity index (χ0n) is 15.3. The lowest BCUT2D eigenvalue weighted by Gasteiger charge is -2.39. The molecule has 3 fully saturated rings. The lowest BCUT2D eigenvalue weighted by atomic mass is 9.88. The molecular weight excluding hydrogens is 363 g/mol. The number of fused-ring (bicyclic) bond motifs is 2. The van der Waals surface area contributed by atoms with Crippen molar-refractivity contribution in [2.24, 2.45) is 13.0 Å². The molecule has 1 aromatic rings. The molecule has 3 unspecified atom stereocenters. The summed E-state index contributed by atoms with van der Waals surface area (Å²) >= 11 is 0. The molecule has 3 heterocycles. The Labute approximate surface area is 155 Å². The lowest BCUT2D eigenvalue weighted by Crippen LogP contribution is -2.58. The minimum atomic E-state index is -4.66. The predicted molar refractivity (Wildman–Crippen MR) is 90.0 cm³/mol. The van der Waals surface area contributed by atoms with Crippen LogP contribution in [0.15, 0.2) is 12.5 Å². The van der Waals surface area contributed by atoms with Crippen LogP contribution in [-0.4, -0.2) is 81.0 Å². The van der Waals surface area contributed by atoms with Crippen molar-refractivity contribution in [3.8, 4) is 0 Å². The Kier molecular flexibility index (Phi) is 4.19. The number of alkyl halides is 3. The smallest absolute Gasteiger partial charge is 0.380 e. The van der Waals surface area contributed by atoms with Gasteiger partial charge in [-0.1, -0.05) is 0 Å². The fourth-order valence-corrected chi connectivity index (χ4v) is 4.99. The third-order valence-corrected chi connectivity index (χ3v) is 6.43. The van der Waals surface area contributed by atoms with Gasteiger partial charge in [0.2, 0.25) is 0 Å². The first-order chi connectivity index (χ1) is 12.6. The summed E-state index contributed by atoms with van der Waals surface area (Å²) < 4.78 is 41.4. The first-order valence-corrected chi connectivity index (χ1v) is 9.11. The molecule has 0 aromatic carbocycles. The second kappa shape index (κ2) is 6.10. The van der Waals surface area contributed by atoms with Gasteiger partial charge < -0.3 is 24.8 Å². The molecule has 2 bridgehead atoms. The van der Waals surface area contributed by atoms with Crippen LogP contribution in [0.1, 0.15) is 24.5 Å². The van der Waals surface area contributed by atoms with Crippen LogP contribution in [0.5, 0.6) is 0 Å². The molecule has 2 N–H and O–H groups in total. The molecule has 1 aliphatic carbocycles. The number of hydrogen-bond donors (Lipinski definition) is 2. The number of urea groups is 1. The SMILES string of the molecule is CN1C[C@@H](NC(=O)N2CC3CC2CC3(O)C(F)(F)F)[C@H](c2cncn2C)C1. The van der Waals surface area contributed by atoms with Crippen molar-refractivity contribution >= 4 is 6.03 Å². The number of rotatable bonds is 2. The van der Waals surface area contributed by atoms with Crippen molar-refractivity contribution in [2.45, 2.75) is 42.6 Å². The molecule has 7 nitrogen and oxygen atoms in total. The van der Waals surface area contributed by atoms with Crippen LogP contribution in [0.4, 0.5) is 18.0 Å². The van der Waals surface area contributed by atoms with Crippen molar-refractivity contribution in [3.63, 3.8) is 0 Å². The van der Waals surface area contributed by atoms with Gasteiger partial charge in [-0.25, -0.2) is 9.78 Å². The number of amides is 2. The number of piperidine rings is 1. The normalized spacial score (nSPS) is 36.6. The van der Waals surface area contributed by atoms with E-state index in [4.69, 9.17) is 0 Å². The molecule has 150 valence electrons. The van der Waals surface area contributed by atoms with Gasteiger partial charge >= 0.3 is 12.2 Å². The summed E-state index contributed by atoms with van der Waals surface area (Å²) in [5.74, 6) is -0.884. The molecule has 2 aliphatic heterocycles. The van der Waals surface area contributed by atoms with Gasteiger partial charge in [-0.05, 0) is 13.5 Å². The molecule has 5 atom stereocenters. The fraction of sp³-hybridized carbons (Fsp3) is 0.765. The number of nitrogens with zero attached hydrogens (tertiary/aromatic N) is 4. The first kappa shape index (κ1) is 18.5. The molecule has 3 aliphatic rings. The molecule has 0 radical (unpaired) electrons. The van der Waals surface area contributed by atoms with E-state index in [9.17, 15) is 23.1 Å². The third-order valence-electron chi connectivity index (χ3n) is 6.43. The Morgan fingerprint density at radius 1 is 1.33 bits per heavy atom. The average Bonchev–Trinajstić information content (AvgIpc) is 3.30. The van der Waals surface area contributed by atoms with Gasteiger partial charge in [0, 0.05) is 62.9 Å². The van der Waals surface area contributed by atoms with Crippen LogP contribution in [0.2, 0.25) is 0 Å². The molecule has 2 saturated heterocycles. The highest BCUT2D eigenvalue weighted by molar-refractivity contribution is 5.76. The first-order valence-electron chi connectivity index (χ1n) is 9.11. The molecule has 2 amide bonds. The summed E-state index contributed by atoms with van der Waals surface area (Å²) in [4.78, 5) is 20.5. The highest BCUT2D eigenvalue weighted by atomic mass is 19.4. The van der Waals surface area contributed by atoms with Crippen LogP contribution < -0.4 is 5.32 Å². The number of imidazole rings is 1. The van der Waals surface area contributed by atoms with Crippen molar-refractivity contribution < 1.29 is 23.1 Å². The Hall–Kier alpha value is -1.81. The number of halogens is 3. The van der Waals surface area contributed by atoms with Crippen LogP contribution in [-0.2, 0) is 7.05 Å². The monoisotopic (exact) mass is 387 g/mol. The minimum absolute atomic E-state index is 0.0640. The maximum atomic E-state index is 13.2. The van der Waals surface area contributed by atoms with Crippen LogP contribution in [0.25, 0.3) is 0 Å². The van der Waals surface area contributed by atoms with E-state index in [2.05, 4.69) is 15.2 Å². The van der Waals surface area contributed by atoms with E-state index in [1.54, 1.807) is 12.5 Å². The van der Waals surface area contributed by atoms with E-state index >= 15 is 0 Å². The van der Waals surface area contributed by atoms with E-state index in [-0.39, 0.29) is 31.0 Å². The maximum Gasteiger partial charge on any atom is 0.417 e. The lowest BCUT2D eigenvalue weighted by molar-refractivity contribution is -0.278. The molecular formula is C17H24F3N5O2. The molecule has 27 heavy (non-hydrogen) atoms. The zero-order chi connectivity index (χ0) is 19.6. The zero-order valence-corrected chi connectivity index (χ0v) is 15.3. The largest absolute Gasteiger partial charge is 0.417 e. The Morgan fingerprint density at radius 2 is 2.07 bits per heavy atom. The van der Waals surface area contributed by atoms with Gasteiger partial charge in [0.15, 0.2) is 5.60 Å². The molecule has 10 heteroatoms. The number of aryl methyl sites for hydroxylation is 1. The predicted octanol–water partition coefficient (Wildman–Crippen LogP) is 0.915. The Balaban J connectivity index is 1.44. The number of aliphatic hydroxyl groups is 1. The van der Waals surface area contributed by atoms with Gasteiger partial charge in [0.25, 0.3) is 0 Å². The van der Waals surface area contributed by atoms with E-state index < -0.39 is 30.2 Å². The van der Waals surface area contributed by atoms with Crippen LogP contribution in [0, 0.1) is 5.92 Å². The Morgan fingerprint density at radius 3 is 2.63 bits per heavy atom. The van der Waals surface area contributed by atoms with Crippen molar-refractivity contribution in [1.82, 2.24) is 24.7 Å². The van der Waals surface area contributed by atoms with Crippen LogP contribution >= 0.6 is 0 Å². The minimum Gasteiger partial charge on any atom is -0.380 e. The summed E-state index contributed by atoms with van der Waals surface area (Å²) in [7, 11) is 3.87. The van der Waals surface area contributed by atoms with Gasteiger partial charge in [-0.3, -0.25) is 0 Å². The number of aromatic nitrogens is 2. The van der Waals surface area contributed by atoms with Crippen molar-refractivity contribution in [2.75, 3.05) is 26.7 Å². The van der Waals surface area contributed by atoms with Gasteiger partial charge in [0.1, 0.15) is 0 Å². The van der Waals surface area contributed by atoms with Gasteiger partial charge in [-0.2, -0.15) is 13.2 Å². The number of nitrogens with one attached hydrogen (secondary N) is 1. The molecule has 0 spiro atoms. The molecule has 1 aromatic heterocycles. The van der Waals surface area contributed by atoms with Crippen molar-refractivity contribution in [3.05, 3.63) is 18.2 Å². The van der Waals surface area contributed by atoms with E-state index in [0.29, 0.717) is 6.54 Å². The molecule has 4 rings (SSSR count). The summed E-state index contributed by atoms with van der Waals surface area (Å²) in [5.41, 5.74) is -1.65. The number of carbonyl (C=O) groups is 1. The molecule has 1 saturated carbocycles. The van der Waals surface area contributed by atoms with E-state index in [0.717, 1.165) is 12.2 Å². The summed E-state index contributed by atoms with van der Waals surface area (Å²) in [6.07, 6.45) is -1.41. The second-order valence-corrected chi connectivity index (χ2v) is 8.18. The van der Waals surface area contributed by atoms with E-state index in [1.165, 1.54) is 4.90 Å². The van der Waals surface area contributed by atoms with Gasteiger partial charge in [0.05, 0.1) is 12.4 Å². The number of hydrogen-bond acceptors (Lipinski definition) is 4. The van der Waals surface area contributed by atoms with Crippen LogP contribution in [0.3, 0.4) is 0 Å². The summed E-state index contributed by atoms with van der Waals surface area (Å²) in [6, 6.07) is -1.06. The Bertz CT molecular complexity index is 738. The fourth-order valence-electron chi connectivity index (χ4n) is 4.99. The summed E-state index contributed by atoms with van der Waals surface area (Å²) in [6.45, 7) is 1.37. The highest BCUT2D eigenvalue weighted by Crippen LogP contribution is 2.52. The number of likely N-dealkylation sites (tertiary alicyclic amines) is 2. The number of likely N-dealkylation sites (N-methyl/N-ethyl adjacent to an activating group) is 1. The standard InChI is InChI=1S/C17H24F3N5O2/c1-23-7-12(14-5-21-9-24(14)2)13(8-23)22-15(26)25-6-10-3-11(25)4-16(10,27)17(18,19)20/h5,9-13,27H,3-4,6-8H2,1-2H3,(H,22,26)/t10?,11?,12-,13-,16?/m1/s1. The summed E-state index contributed by atoms with van der Waals surface area (Å²) in [5, 5.41) is 13.0. The quantitative estimate of drug-likeness (QED) is 0.792. The van der Waals surface area contributed by atoms with Gasteiger partial charge in [-0.15, -0.1) is 0 Å². The highest BCUT2D eigenvalue weighted by Gasteiger charge is 2.67. The second-order valence-electron chi connectivity index (χ2n) is 8.18. The van der Waals surface area contributed by atoms with E-state index in [1.807, 2.05) is 18.7 Å². The third kappa shape index (κ3) is 2.89. The average molecular weight is 387 g/mol. The van der Waals surface area contributed by atoms with Crippen molar-refractivity contribution in [1.29, 1.82) is 0 Å².